The molecular formula is C12H14ClN3O2. The van der Waals surface area contributed by atoms with E-state index in [1.165, 1.54) is 0 Å². The highest BCUT2D eigenvalue weighted by Crippen LogP contribution is 2.31. The van der Waals surface area contributed by atoms with Crippen LogP contribution in [0.2, 0.25) is 5.02 Å². The first-order chi connectivity index (χ1) is 8.60. The summed E-state index contributed by atoms with van der Waals surface area (Å²) < 4.78 is 10.4. The van der Waals surface area contributed by atoms with Crippen LogP contribution in [0.25, 0.3) is 0 Å². The quantitative estimate of drug-likeness (QED) is 0.922. The van der Waals surface area contributed by atoms with Gasteiger partial charge in [-0.3, -0.25) is 0 Å². The Labute approximate surface area is 110 Å². The van der Waals surface area contributed by atoms with Crippen LogP contribution >= 0.6 is 11.6 Å². The Morgan fingerprint density at radius 3 is 2.83 bits per heavy atom. The zero-order valence-electron chi connectivity index (χ0n) is 10.2. The Morgan fingerprint density at radius 1 is 1.44 bits per heavy atom. The number of benzene rings is 1. The second-order valence-electron chi connectivity index (χ2n) is 3.89. The fourth-order valence-corrected chi connectivity index (χ4v) is 1.85. The number of aromatic nitrogens is 1. The first kappa shape index (κ1) is 12.6. The topological polar surface area (TPSA) is 64.5 Å². The molecule has 0 spiro atoms. The fraction of sp³-hybridized carbons (Fsp3) is 0.250. The van der Waals surface area contributed by atoms with Gasteiger partial charge in [0, 0.05) is 18.1 Å². The highest BCUT2D eigenvalue weighted by molar-refractivity contribution is 6.30. The lowest BCUT2D eigenvalue weighted by atomic mass is 10.2. The van der Waals surface area contributed by atoms with Crippen LogP contribution in [0.4, 0.5) is 11.5 Å². The van der Waals surface area contributed by atoms with Crippen molar-refractivity contribution in [3.63, 3.8) is 0 Å². The van der Waals surface area contributed by atoms with E-state index in [1.807, 2.05) is 24.1 Å². The number of hydrogen-bond donors (Lipinski definition) is 1. The maximum absolute atomic E-state index is 5.99. The van der Waals surface area contributed by atoms with Gasteiger partial charge in [-0.05, 0) is 18.2 Å². The van der Waals surface area contributed by atoms with E-state index < -0.39 is 0 Å². The van der Waals surface area contributed by atoms with Crippen LogP contribution in [0.5, 0.6) is 5.75 Å². The molecule has 1 aromatic carbocycles. The molecule has 0 saturated heterocycles. The van der Waals surface area contributed by atoms with Gasteiger partial charge < -0.3 is 19.9 Å². The molecule has 0 aliphatic carbocycles. The summed E-state index contributed by atoms with van der Waals surface area (Å²) in [5.41, 5.74) is 6.38. The zero-order valence-corrected chi connectivity index (χ0v) is 10.9. The van der Waals surface area contributed by atoms with Gasteiger partial charge in [0.15, 0.2) is 11.6 Å². The molecule has 0 bridgehead atoms. The van der Waals surface area contributed by atoms with Crippen molar-refractivity contribution in [3.05, 3.63) is 35.0 Å². The Hall–Kier alpha value is -1.88. The van der Waals surface area contributed by atoms with Crippen LogP contribution in [0.3, 0.4) is 0 Å². The van der Waals surface area contributed by atoms with Crippen LogP contribution in [0.15, 0.2) is 28.8 Å². The van der Waals surface area contributed by atoms with E-state index >= 15 is 0 Å². The van der Waals surface area contributed by atoms with Gasteiger partial charge in [0.25, 0.3) is 0 Å². The van der Waals surface area contributed by atoms with Crippen molar-refractivity contribution in [3.8, 4) is 5.75 Å². The summed E-state index contributed by atoms with van der Waals surface area (Å²) in [6.07, 6.45) is 0. The molecule has 2 rings (SSSR count). The molecule has 1 aromatic heterocycles. The normalized spacial score (nSPS) is 10.4. The standard InChI is InChI=1S/C12H14ClN3O2/c1-16(7-9-6-12(14)15-18-9)10-5-8(13)3-4-11(10)17-2/h3-6H,7H2,1-2H3,(H2,14,15). The van der Waals surface area contributed by atoms with Gasteiger partial charge in [0.2, 0.25) is 0 Å². The van der Waals surface area contributed by atoms with Gasteiger partial charge in [0.05, 0.1) is 19.3 Å². The van der Waals surface area contributed by atoms with Crippen molar-refractivity contribution in [1.29, 1.82) is 0 Å². The van der Waals surface area contributed by atoms with Crippen molar-refractivity contribution in [2.45, 2.75) is 6.54 Å². The third-order valence-electron chi connectivity index (χ3n) is 2.52. The number of nitrogen functional groups attached to an aromatic ring is 1. The second kappa shape index (κ2) is 5.18. The Balaban J connectivity index is 2.22. The molecule has 0 fully saturated rings. The van der Waals surface area contributed by atoms with E-state index in [9.17, 15) is 0 Å². The highest BCUT2D eigenvalue weighted by atomic mass is 35.5. The van der Waals surface area contributed by atoms with E-state index in [4.69, 9.17) is 26.6 Å². The predicted molar refractivity (Wildman–Crippen MR) is 71.0 cm³/mol. The molecule has 1 heterocycles. The number of methoxy groups -OCH3 is 1. The number of halogens is 1. The van der Waals surface area contributed by atoms with Gasteiger partial charge >= 0.3 is 0 Å². The number of ether oxygens (including phenoxy) is 1. The SMILES string of the molecule is COc1ccc(Cl)cc1N(C)Cc1cc(N)no1. The van der Waals surface area contributed by atoms with E-state index in [0.717, 1.165) is 11.4 Å². The smallest absolute Gasteiger partial charge is 0.167 e. The van der Waals surface area contributed by atoms with Crippen molar-refractivity contribution < 1.29 is 9.26 Å². The lowest BCUT2D eigenvalue weighted by molar-refractivity contribution is 0.384. The maximum Gasteiger partial charge on any atom is 0.167 e. The molecule has 0 aliphatic rings. The van der Waals surface area contributed by atoms with Gasteiger partial charge in [-0.2, -0.15) is 0 Å². The summed E-state index contributed by atoms with van der Waals surface area (Å²) in [4.78, 5) is 1.95. The van der Waals surface area contributed by atoms with E-state index in [0.29, 0.717) is 23.1 Å². The molecule has 96 valence electrons. The van der Waals surface area contributed by atoms with Crippen molar-refractivity contribution in [1.82, 2.24) is 5.16 Å². The first-order valence-corrected chi connectivity index (χ1v) is 5.73. The molecule has 0 aliphatic heterocycles. The predicted octanol–water partition coefficient (Wildman–Crippen LogP) is 2.56. The molecule has 0 amide bonds. The molecule has 0 radical (unpaired) electrons. The average Bonchev–Trinajstić information content (AvgIpc) is 2.74. The minimum atomic E-state index is 0.372. The summed E-state index contributed by atoms with van der Waals surface area (Å²) >= 11 is 5.99. The van der Waals surface area contributed by atoms with Crippen LogP contribution < -0.4 is 15.4 Å². The first-order valence-electron chi connectivity index (χ1n) is 5.36. The number of rotatable bonds is 4. The molecule has 0 unspecified atom stereocenters. The highest BCUT2D eigenvalue weighted by Gasteiger charge is 2.11. The summed E-state index contributed by atoms with van der Waals surface area (Å²) in [5.74, 6) is 1.79. The van der Waals surface area contributed by atoms with Crippen LogP contribution in [0.1, 0.15) is 5.76 Å². The minimum Gasteiger partial charge on any atom is -0.495 e. The largest absolute Gasteiger partial charge is 0.495 e. The summed E-state index contributed by atoms with van der Waals surface area (Å²) in [7, 11) is 3.53. The zero-order chi connectivity index (χ0) is 13.1. The van der Waals surface area contributed by atoms with Crippen LogP contribution in [0, 0.1) is 0 Å². The van der Waals surface area contributed by atoms with Crippen molar-refractivity contribution in [2.24, 2.45) is 0 Å². The van der Waals surface area contributed by atoms with Gasteiger partial charge in [0.1, 0.15) is 5.75 Å². The number of anilines is 2. The second-order valence-corrected chi connectivity index (χ2v) is 4.33. The maximum atomic E-state index is 5.99. The Kier molecular flexibility index (Phi) is 3.62. The molecule has 0 atom stereocenters. The summed E-state index contributed by atoms with van der Waals surface area (Å²) in [5, 5.41) is 4.29. The lowest BCUT2D eigenvalue weighted by Gasteiger charge is -2.20. The molecule has 18 heavy (non-hydrogen) atoms. The molecular weight excluding hydrogens is 254 g/mol. The Morgan fingerprint density at radius 2 is 2.22 bits per heavy atom. The number of nitrogens with two attached hydrogens (primary N) is 1. The lowest BCUT2D eigenvalue weighted by Crippen LogP contribution is -2.16. The summed E-state index contributed by atoms with van der Waals surface area (Å²) in [6, 6.07) is 7.13. The van der Waals surface area contributed by atoms with E-state index in [-0.39, 0.29) is 0 Å². The third-order valence-corrected chi connectivity index (χ3v) is 2.76. The fourth-order valence-electron chi connectivity index (χ4n) is 1.68. The Bertz CT molecular complexity index is 542. The van der Waals surface area contributed by atoms with Crippen molar-refractivity contribution >= 4 is 23.1 Å². The summed E-state index contributed by atoms with van der Waals surface area (Å²) in [6.45, 7) is 0.529. The minimum absolute atomic E-state index is 0.372. The third kappa shape index (κ3) is 2.68. The van der Waals surface area contributed by atoms with E-state index in [1.54, 1.807) is 19.2 Å². The number of nitrogens with zero attached hydrogens (tertiary/aromatic N) is 2. The number of hydrogen-bond acceptors (Lipinski definition) is 5. The molecule has 5 nitrogen and oxygen atoms in total. The molecule has 2 N–H and O–H groups in total. The monoisotopic (exact) mass is 267 g/mol. The molecule has 2 aromatic rings. The van der Waals surface area contributed by atoms with Crippen LogP contribution in [-0.2, 0) is 6.54 Å². The van der Waals surface area contributed by atoms with Gasteiger partial charge in [-0.15, -0.1) is 0 Å². The van der Waals surface area contributed by atoms with E-state index in [2.05, 4.69) is 5.16 Å². The molecule has 0 saturated carbocycles. The van der Waals surface area contributed by atoms with Crippen LogP contribution in [-0.4, -0.2) is 19.3 Å². The van der Waals surface area contributed by atoms with Gasteiger partial charge in [-0.1, -0.05) is 16.8 Å². The van der Waals surface area contributed by atoms with Gasteiger partial charge in [-0.25, -0.2) is 0 Å². The van der Waals surface area contributed by atoms with Crippen molar-refractivity contribution in [2.75, 3.05) is 24.8 Å². The molecule has 6 heteroatoms. The average molecular weight is 268 g/mol.